The highest BCUT2D eigenvalue weighted by atomic mass is 16.5. The molecular formula is C19H28N2O2. The molecule has 3 rings (SSSR count). The minimum absolute atomic E-state index is 0.184. The first-order chi connectivity index (χ1) is 11.1. The maximum atomic E-state index is 12.9. The molecule has 0 radical (unpaired) electrons. The molecule has 1 atom stereocenters. The third kappa shape index (κ3) is 3.52. The van der Waals surface area contributed by atoms with Crippen molar-refractivity contribution in [1.29, 1.82) is 0 Å². The van der Waals surface area contributed by atoms with Crippen molar-refractivity contribution >= 4 is 11.6 Å². The number of benzene rings is 1. The Hall–Kier alpha value is -1.55. The summed E-state index contributed by atoms with van der Waals surface area (Å²) in [5.41, 5.74) is 1.99. The van der Waals surface area contributed by atoms with E-state index in [1.807, 2.05) is 11.8 Å². The Morgan fingerprint density at radius 3 is 2.65 bits per heavy atom. The molecule has 2 heterocycles. The summed E-state index contributed by atoms with van der Waals surface area (Å²) in [6.45, 7) is 8.36. The van der Waals surface area contributed by atoms with Gasteiger partial charge in [-0.05, 0) is 51.2 Å². The number of carbonyl (C=O) groups is 1. The second-order valence-electron chi connectivity index (χ2n) is 6.96. The van der Waals surface area contributed by atoms with Crippen LogP contribution in [0.5, 0.6) is 0 Å². The van der Waals surface area contributed by atoms with E-state index in [2.05, 4.69) is 36.1 Å². The fraction of sp³-hybridized carbons (Fsp3) is 0.632. The van der Waals surface area contributed by atoms with Gasteiger partial charge in [0.05, 0.1) is 0 Å². The average Bonchev–Trinajstić information content (AvgIpc) is 2.81. The molecule has 2 aliphatic rings. The topological polar surface area (TPSA) is 32.8 Å². The summed E-state index contributed by atoms with van der Waals surface area (Å²) in [4.78, 5) is 17.3. The fourth-order valence-electron chi connectivity index (χ4n) is 3.72. The van der Waals surface area contributed by atoms with Crippen molar-refractivity contribution in [2.45, 2.75) is 45.1 Å². The van der Waals surface area contributed by atoms with Crippen molar-refractivity contribution in [3.05, 3.63) is 29.8 Å². The summed E-state index contributed by atoms with van der Waals surface area (Å²) < 4.78 is 5.85. The van der Waals surface area contributed by atoms with Crippen LogP contribution in [0.25, 0.3) is 0 Å². The highest BCUT2D eigenvalue weighted by Gasteiger charge is 2.39. The maximum Gasteiger partial charge on any atom is 0.254 e. The maximum absolute atomic E-state index is 12.9. The van der Waals surface area contributed by atoms with E-state index >= 15 is 0 Å². The molecule has 1 amide bonds. The van der Waals surface area contributed by atoms with Crippen molar-refractivity contribution in [3.8, 4) is 0 Å². The Balaban J connectivity index is 1.66. The first kappa shape index (κ1) is 16.3. The standard InChI is InChI=1S/C19H28N2O2/c1-16-8-3-4-9-17(16)20-11-7-12-21(14-13-20)18(22)19(2)10-5-6-15-23-19/h3-4,8-9H,5-7,10-15H2,1-2H3/t19-/m0/s1. The molecular weight excluding hydrogens is 288 g/mol. The minimum atomic E-state index is -0.601. The van der Waals surface area contributed by atoms with Gasteiger partial charge < -0.3 is 14.5 Å². The lowest BCUT2D eigenvalue weighted by Crippen LogP contribution is -2.51. The highest BCUT2D eigenvalue weighted by Crippen LogP contribution is 2.28. The van der Waals surface area contributed by atoms with Gasteiger partial charge >= 0.3 is 0 Å². The van der Waals surface area contributed by atoms with Gasteiger partial charge in [-0.2, -0.15) is 0 Å². The normalized spacial score (nSPS) is 26.0. The molecule has 0 bridgehead atoms. The van der Waals surface area contributed by atoms with Crippen molar-refractivity contribution in [2.24, 2.45) is 0 Å². The van der Waals surface area contributed by atoms with Crippen LogP contribution < -0.4 is 4.90 Å². The van der Waals surface area contributed by atoms with Crippen LogP contribution in [0.2, 0.25) is 0 Å². The zero-order valence-corrected chi connectivity index (χ0v) is 14.4. The Bertz CT molecular complexity index is 552. The van der Waals surface area contributed by atoms with Crippen LogP contribution in [0.15, 0.2) is 24.3 Å². The Labute approximate surface area is 139 Å². The summed E-state index contributed by atoms with van der Waals surface area (Å²) >= 11 is 0. The zero-order valence-electron chi connectivity index (χ0n) is 14.4. The SMILES string of the molecule is Cc1ccccc1N1CCCN(C(=O)[C@]2(C)CCCCO2)CC1. The molecule has 2 aliphatic heterocycles. The first-order valence-corrected chi connectivity index (χ1v) is 8.84. The predicted molar refractivity (Wildman–Crippen MR) is 92.8 cm³/mol. The molecule has 0 unspecified atom stereocenters. The fourth-order valence-corrected chi connectivity index (χ4v) is 3.72. The molecule has 0 aliphatic carbocycles. The quantitative estimate of drug-likeness (QED) is 0.841. The molecule has 0 N–H and O–H groups in total. The molecule has 1 aromatic carbocycles. The van der Waals surface area contributed by atoms with Crippen molar-refractivity contribution in [3.63, 3.8) is 0 Å². The van der Waals surface area contributed by atoms with Gasteiger partial charge in [-0.3, -0.25) is 4.79 Å². The second-order valence-corrected chi connectivity index (χ2v) is 6.96. The third-order valence-corrected chi connectivity index (χ3v) is 5.16. The van der Waals surface area contributed by atoms with Crippen molar-refractivity contribution < 1.29 is 9.53 Å². The number of para-hydroxylation sites is 1. The van der Waals surface area contributed by atoms with Gasteiger partial charge in [-0.25, -0.2) is 0 Å². The van der Waals surface area contributed by atoms with Crippen LogP contribution in [0.3, 0.4) is 0 Å². The summed E-state index contributed by atoms with van der Waals surface area (Å²) in [5, 5.41) is 0. The van der Waals surface area contributed by atoms with E-state index in [-0.39, 0.29) is 5.91 Å². The van der Waals surface area contributed by atoms with E-state index in [0.717, 1.165) is 51.9 Å². The van der Waals surface area contributed by atoms with Crippen LogP contribution >= 0.6 is 0 Å². The van der Waals surface area contributed by atoms with Crippen LogP contribution in [0.1, 0.15) is 38.2 Å². The Morgan fingerprint density at radius 2 is 1.91 bits per heavy atom. The van der Waals surface area contributed by atoms with Gasteiger partial charge in [0.1, 0.15) is 5.60 Å². The summed E-state index contributed by atoms with van der Waals surface area (Å²) in [6, 6.07) is 8.50. The second kappa shape index (κ2) is 6.91. The van der Waals surface area contributed by atoms with Gasteiger partial charge in [0.2, 0.25) is 0 Å². The van der Waals surface area contributed by atoms with E-state index < -0.39 is 5.60 Å². The zero-order chi connectivity index (χ0) is 16.3. The van der Waals surface area contributed by atoms with Crippen molar-refractivity contribution in [2.75, 3.05) is 37.7 Å². The van der Waals surface area contributed by atoms with Crippen LogP contribution in [0.4, 0.5) is 5.69 Å². The number of nitrogens with zero attached hydrogens (tertiary/aromatic N) is 2. The average molecular weight is 316 g/mol. The Kier molecular flexibility index (Phi) is 4.90. The lowest BCUT2D eigenvalue weighted by atomic mass is 9.94. The van der Waals surface area contributed by atoms with Gasteiger partial charge in [-0.1, -0.05) is 18.2 Å². The molecule has 0 saturated carbocycles. The number of anilines is 1. The lowest BCUT2D eigenvalue weighted by Gasteiger charge is -2.36. The smallest absolute Gasteiger partial charge is 0.254 e. The number of carbonyl (C=O) groups excluding carboxylic acids is 1. The largest absolute Gasteiger partial charge is 0.369 e. The highest BCUT2D eigenvalue weighted by molar-refractivity contribution is 5.85. The Morgan fingerprint density at radius 1 is 1.09 bits per heavy atom. The van der Waals surface area contributed by atoms with Crippen LogP contribution in [-0.4, -0.2) is 49.2 Å². The number of hydrogen-bond acceptors (Lipinski definition) is 3. The monoisotopic (exact) mass is 316 g/mol. The molecule has 2 fully saturated rings. The van der Waals surface area contributed by atoms with Gasteiger partial charge in [0, 0.05) is 38.5 Å². The summed E-state index contributed by atoms with van der Waals surface area (Å²) in [6.07, 6.45) is 4.02. The molecule has 4 heteroatoms. The van der Waals surface area contributed by atoms with E-state index in [1.54, 1.807) is 0 Å². The third-order valence-electron chi connectivity index (χ3n) is 5.16. The predicted octanol–water partition coefficient (Wildman–Crippen LogP) is 2.99. The number of hydrogen-bond donors (Lipinski definition) is 0. The van der Waals surface area contributed by atoms with E-state index in [9.17, 15) is 4.79 Å². The van der Waals surface area contributed by atoms with Crippen LogP contribution in [0, 0.1) is 6.92 Å². The molecule has 23 heavy (non-hydrogen) atoms. The van der Waals surface area contributed by atoms with E-state index in [4.69, 9.17) is 4.74 Å². The van der Waals surface area contributed by atoms with Gasteiger partial charge in [-0.15, -0.1) is 0 Å². The molecule has 0 aromatic heterocycles. The van der Waals surface area contributed by atoms with Crippen molar-refractivity contribution in [1.82, 2.24) is 4.90 Å². The number of rotatable bonds is 2. The minimum Gasteiger partial charge on any atom is -0.369 e. The molecule has 126 valence electrons. The van der Waals surface area contributed by atoms with Crippen LogP contribution in [-0.2, 0) is 9.53 Å². The summed E-state index contributed by atoms with van der Waals surface area (Å²) in [5.74, 6) is 0.184. The van der Waals surface area contributed by atoms with Gasteiger partial charge in [0.15, 0.2) is 0 Å². The molecule has 1 aromatic rings. The molecule has 4 nitrogen and oxygen atoms in total. The number of aryl methyl sites for hydroxylation is 1. The first-order valence-electron chi connectivity index (χ1n) is 8.84. The number of amides is 1. The molecule has 2 saturated heterocycles. The lowest BCUT2D eigenvalue weighted by molar-refractivity contribution is -0.161. The van der Waals surface area contributed by atoms with E-state index in [1.165, 1.54) is 11.3 Å². The molecule has 0 spiro atoms. The number of ether oxygens (including phenoxy) is 1. The van der Waals surface area contributed by atoms with Gasteiger partial charge in [0.25, 0.3) is 5.91 Å². The summed E-state index contributed by atoms with van der Waals surface area (Å²) in [7, 11) is 0. The van der Waals surface area contributed by atoms with E-state index in [0.29, 0.717) is 6.61 Å².